The predicted octanol–water partition coefficient (Wildman–Crippen LogP) is 3.38. The Labute approximate surface area is 110 Å². The normalized spacial score (nSPS) is 22.0. The van der Waals surface area contributed by atoms with E-state index < -0.39 is 24.9 Å². The molecule has 0 heterocycles. The topological polar surface area (TPSA) is 26.3 Å². The Morgan fingerprint density at radius 1 is 1.56 bits per heavy atom. The van der Waals surface area contributed by atoms with Gasteiger partial charge in [-0.25, -0.2) is 0 Å². The highest BCUT2D eigenvalue weighted by Gasteiger charge is 2.05. The van der Waals surface area contributed by atoms with Gasteiger partial charge in [0.05, 0.1) is 12.1 Å². The minimum atomic E-state index is -3.04. The summed E-state index contributed by atoms with van der Waals surface area (Å²) in [6, 6.07) is -1.13. The average molecular weight is 229 g/mol. The van der Waals surface area contributed by atoms with Crippen molar-refractivity contribution in [2.24, 2.45) is 5.92 Å². The van der Waals surface area contributed by atoms with Crippen LogP contribution in [-0.4, -0.2) is 12.4 Å². The lowest BCUT2D eigenvalue weighted by Crippen LogP contribution is -2.07. The second-order valence-corrected chi connectivity index (χ2v) is 3.47. The maximum atomic E-state index is 11.7. The predicted molar refractivity (Wildman–Crippen MR) is 65.8 cm³/mol. The summed E-state index contributed by atoms with van der Waals surface area (Å²) in [6.07, 6.45) is -2.61. The molecule has 16 heavy (non-hydrogen) atoms. The highest BCUT2D eigenvalue weighted by molar-refractivity contribution is 5.75. The van der Waals surface area contributed by atoms with E-state index in [0.717, 1.165) is 0 Å². The van der Waals surface area contributed by atoms with Crippen LogP contribution in [0.15, 0.2) is 24.2 Å². The van der Waals surface area contributed by atoms with Crippen molar-refractivity contribution in [3.63, 3.8) is 0 Å². The molecule has 1 atom stereocenters. The highest BCUT2D eigenvalue weighted by atomic mass is 16.5. The molecule has 2 nitrogen and oxygen atoms in total. The Balaban J connectivity index is 2.87. The van der Waals surface area contributed by atoms with Gasteiger partial charge in [0.1, 0.15) is 11.5 Å². The molecule has 0 aromatic heterocycles. The Hall–Kier alpha value is -1.31. The first-order valence-corrected chi connectivity index (χ1v) is 4.97. The van der Waals surface area contributed by atoms with Crippen LogP contribution in [-0.2, 0) is 4.79 Å². The van der Waals surface area contributed by atoms with Gasteiger partial charge in [0.25, 0.3) is 0 Å². The van der Waals surface area contributed by atoms with Gasteiger partial charge in [0, 0.05) is 13.2 Å². The van der Waals surface area contributed by atoms with E-state index in [1.165, 1.54) is 13.8 Å². The average Bonchev–Trinajstić information content (AvgIpc) is 2.52. The molecule has 88 valence electrons. The first-order chi connectivity index (χ1) is 11.2. The second-order valence-electron chi connectivity index (χ2n) is 3.47. The number of hydrogen-bond acceptors (Lipinski definition) is 2. The summed E-state index contributed by atoms with van der Waals surface area (Å²) in [5, 5.41) is 0. The van der Waals surface area contributed by atoms with Crippen LogP contribution in [0, 0.1) is 12.8 Å². The second kappa shape index (κ2) is 6.31. The fraction of sp³-hybridized carbons (Fsp3) is 0.500. The van der Waals surface area contributed by atoms with E-state index in [2.05, 4.69) is 0 Å². The van der Waals surface area contributed by atoms with Crippen molar-refractivity contribution in [3.8, 4) is 5.75 Å². The smallest absolute Gasteiger partial charge is 0.130 e. The van der Waals surface area contributed by atoms with Gasteiger partial charge in [-0.15, -0.1) is 0 Å². The number of carbonyl (C=O) groups excluding carboxylic acids is 1. The zero-order chi connectivity index (χ0) is 19.7. The molecule has 1 rings (SSSR count). The zero-order valence-electron chi connectivity index (χ0n) is 18.3. The van der Waals surface area contributed by atoms with Gasteiger partial charge in [0.15, 0.2) is 0 Å². The number of Topliss-reactive ketones (excluding diaryl/α,β-unsaturated/α-hetero) is 1. The number of ether oxygens (including phenoxy) is 1. The summed E-state index contributed by atoms with van der Waals surface area (Å²) in [6.45, 7) is -0.397. The fourth-order valence-corrected chi connectivity index (χ4v) is 1.07. The van der Waals surface area contributed by atoms with Crippen LogP contribution in [0.2, 0.25) is 0 Å². The molecule has 0 saturated heterocycles. The first kappa shape index (κ1) is 4.91. The van der Waals surface area contributed by atoms with E-state index in [4.69, 9.17) is 17.1 Å². The molecule has 1 aromatic carbocycles. The third-order valence-electron chi connectivity index (χ3n) is 1.90. The number of rotatable bonds is 6. The molecule has 0 amide bonds. The Morgan fingerprint density at radius 3 is 2.88 bits per heavy atom. The lowest BCUT2D eigenvalue weighted by Gasteiger charge is -2.10. The molecular weight excluding hydrogens is 200 g/mol. The molecule has 0 N–H and O–H groups in total. The maximum Gasteiger partial charge on any atom is 0.130 e. The number of benzene rings is 1. The van der Waals surface area contributed by atoms with Gasteiger partial charge in [0.2, 0.25) is 0 Å². The summed E-state index contributed by atoms with van der Waals surface area (Å²) in [4.78, 5) is 11.7. The van der Waals surface area contributed by atoms with Gasteiger partial charge >= 0.3 is 0 Å². The summed E-state index contributed by atoms with van der Waals surface area (Å²) in [5.41, 5.74) is 0.190. The summed E-state index contributed by atoms with van der Waals surface area (Å²) in [7, 11) is 0. The van der Waals surface area contributed by atoms with Crippen molar-refractivity contribution in [2.75, 3.05) is 6.61 Å². The van der Waals surface area contributed by atoms with Gasteiger partial charge in [-0.05, 0) is 38.2 Å². The van der Waals surface area contributed by atoms with Crippen LogP contribution in [0.25, 0.3) is 0 Å². The minimum Gasteiger partial charge on any atom is -0.494 e. The molecule has 0 spiro atoms. The van der Waals surface area contributed by atoms with Crippen molar-refractivity contribution in [1.29, 1.82) is 0 Å². The number of ketones is 1. The maximum absolute atomic E-state index is 11.7. The largest absolute Gasteiger partial charge is 0.494 e. The molecule has 1 unspecified atom stereocenters. The van der Waals surface area contributed by atoms with Crippen LogP contribution in [0.1, 0.15) is 44.5 Å². The molecule has 0 radical (unpaired) electrons. The summed E-state index contributed by atoms with van der Waals surface area (Å²) >= 11 is 0. The molecule has 2 heteroatoms. The van der Waals surface area contributed by atoms with Gasteiger partial charge in [-0.3, -0.25) is 0 Å². The van der Waals surface area contributed by atoms with E-state index in [1.54, 1.807) is 0 Å². The molecule has 1 aromatic rings. The first-order valence-electron chi connectivity index (χ1n) is 9.47. The van der Waals surface area contributed by atoms with E-state index in [1.807, 2.05) is 0 Å². The van der Waals surface area contributed by atoms with Crippen molar-refractivity contribution in [3.05, 3.63) is 29.7 Å². The Kier molecular flexibility index (Phi) is 1.94. The van der Waals surface area contributed by atoms with Crippen LogP contribution in [0.4, 0.5) is 0 Å². The number of carbonyl (C=O) groups is 1. The lowest BCUT2D eigenvalue weighted by atomic mass is 10.0. The van der Waals surface area contributed by atoms with Crippen molar-refractivity contribution in [1.82, 2.24) is 0 Å². The van der Waals surface area contributed by atoms with Gasteiger partial charge in [-0.2, -0.15) is 0 Å². The van der Waals surface area contributed by atoms with E-state index >= 15 is 0 Å². The Bertz CT molecular complexity index is 638. The molecular formula is C14H20O2. The SMILES string of the molecule is [2H]c1c([2H])c(OCCC(C)C([2H])([2H])C(=O)C([2H])([2H])[2H])c([2H])c([2H])c1C. The Morgan fingerprint density at radius 2 is 2.25 bits per heavy atom. The van der Waals surface area contributed by atoms with Crippen LogP contribution < -0.4 is 4.74 Å². The monoisotopic (exact) mass is 229 g/mol. The van der Waals surface area contributed by atoms with Crippen LogP contribution in [0.3, 0.4) is 0 Å². The van der Waals surface area contributed by atoms with Crippen molar-refractivity contribution in [2.45, 2.75) is 33.5 Å². The van der Waals surface area contributed by atoms with E-state index in [-0.39, 0.29) is 48.5 Å². The van der Waals surface area contributed by atoms with Crippen molar-refractivity contribution >= 4 is 5.78 Å². The molecule has 0 fully saturated rings. The third kappa shape index (κ3) is 4.96. The molecule has 0 aliphatic carbocycles. The standard InChI is InChI=1S/C14H20O2/c1-11-4-6-14(7-5-11)16-9-8-12(2)10-13(3)15/h4-7,12H,8-10H2,1-3H3/i3D3,4D,5D,6D,7D,10D2. The third-order valence-corrected chi connectivity index (χ3v) is 1.90. The molecule has 0 bridgehead atoms. The molecule has 0 saturated carbocycles. The van der Waals surface area contributed by atoms with Gasteiger partial charge < -0.3 is 9.53 Å². The van der Waals surface area contributed by atoms with E-state index in [9.17, 15) is 4.79 Å². The van der Waals surface area contributed by atoms with Crippen LogP contribution >= 0.6 is 0 Å². The van der Waals surface area contributed by atoms with Gasteiger partial charge in [-0.1, -0.05) is 24.6 Å². The zero-order valence-corrected chi connectivity index (χ0v) is 9.31. The molecule has 0 aliphatic rings. The minimum absolute atomic E-state index is 0.0394. The summed E-state index contributed by atoms with van der Waals surface area (Å²) in [5.74, 6) is -2.71. The highest BCUT2D eigenvalue weighted by Crippen LogP contribution is 2.13. The quantitative estimate of drug-likeness (QED) is 0.747. The fourth-order valence-electron chi connectivity index (χ4n) is 1.07. The lowest BCUT2D eigenvalue weighted by molar-refractivity contribution is -0.117. The van der Waals surface area contributed by atoms with Crippen molar-refractivity contribution < 1.29 is 21.9 Å². The molecule has 0 aliphatic heterocycles. The van der Waals surface area contributed by atoms with E-state index in [0.29, 0.717) is 0 Å². The summed E-state index contributed by atoms with van der Waals surface area (Å²) < 4.78 is 72.9. The van der Waals surface area contributed by atoms with Crippen LogP contribution in [0.5, 0.6) is 5.75 Å². The number of hydrogen-bond donors (Lipinski definition) is 0.